The average molecular weight is 241 g/mol. The fraction of sp³-hybridized carbons (Fsp3) is 0.538. The van der Waals surface area contributed by atoms with Gasteiger partial charge in [0, 0.05) is 12.5 Å². The molecule has 1 aromatic rings. The van der Waals surface area contributed by atoms with Crippen LogP contribution in [-0.2, 0) is 0 Å². The Hall–Kier alpha value is -1.13. The van der Waals surface area contributed by atoms with E-state index in [0.717, 1.165) is 5.56 Å². The molecule has 0 saturated heterocycles. The second-order valence-electron chi connectivity index (χ2n) is 4.89. The topological polar surface area (TPSA) is 55.5 Å². The number of ether oxygens (including phenoxy) is 1. The SMILES string of the molecule is C[C@H](N)c1ccc(OCCC(C)(C)O)c(F)c1. The molecule has 0 fully saturated rings. The Labute approximate surface area is 101 Å². The van der Waals surface area contributed by atoms with Gasteiger partial charge in [-0.2, -0.15) is 0 Å². The summed E-state index contributed by atoms with van der Waals surface area (Å²) >= 11 is 0. The fourth-order valence-electron chi connectivity index (χ4n) is 1.33. The standard InChI is InChI=1S/C13H20FNO2/c1-9(15)10-4-5-12(11(14)8-10)17-7-6-13(2,3)16/h4-5,8-9,16H,6-7,15H2,1-3H3/t9-/m0/s1. The molecule has 0 amide bonds. The summed E-state index contributed by atoms with van der Waals surface area (Å²) in [6.07, 6.45) is 0.446. The van der Waals surface area contributed by atoms with Gasteiger partial charge in [0.05, 0.1) is 12.2 Å². The van der Waals surface area contributed by atoms with Crippen LogP contribution in [0.15, 0.2) is 18.2 Å². The van der Waals surface area contributed by atoms with Crippen LogP contribution in [0.3, 0.4) is 0 Å². The van der Waals surface area contributed by atoms with Gasteiger partial charge >= 0.3 is 0 Å². The van der Waals surface area contributed by atoms with E-state index in [9.17, 15) is 9.50 Å². The summed E-state index contributed by atoms with van der Waals surface area (Å²) in [6, 6.07) is 4.49. The zero-order valence-electron chi connectivity index (χ0n) is 10.5. The second kappa shape index (κ2) is 5.47. The van der Waals surface area contributed by atoms with Gasteiger partial charge in [0.2, 0.25) is 0 Å². The Kier molecular flexibility index (Phi) is 4.48. The van der Waals surface area contributed by atoms with Crippen molar-refractivity contribution in [1.82, 2.24) is 0 Å². The largest absolute Gasteiger partial charge is 0.490 e. The summed E-state index contributed by atoms with van der Waals surface area (Å²) in [5.74, 6) is -0.228. The molecule has 0 aliphatic carbocycles. The predicted molar refractivity (Wildman–Crippen MR) is 65.4 cm³/mol. The summed E-state index contributed by atoms with van der Waals surface area (Å²) in [5.41, 5.74) is 5.58. The van der Waals surface area contributed by atoms with Crippen molar-refractivity contribution in [2.75, 3.05) is 6.61 Å². The highest BCUT2D eigenvalue weighted by Crippen LogP contribution is 2.21. The lowest BCUT2D eigenvalue weighted by Crippen LogP contribution is -2.22. The minimum Gasteiger partial charge on any atom is -0.490 e. The number of hydrogen-bond donors (Lipinski definition) is 2. The molecule has 3 N–H and O–H groups in total. The monoisotopic (exact) mass is 241 g/mol. The summed E-state index contributed by atoms with van der Waals surface area (Å²) in [6.45, 7) is 5.44. The molecular formula is C13H20FNO2. The molecule has 0 aliphatic rings. The summed E-state index contributed by atoms with van der Waals surface area (Å²) < 4.78 is 18.9. The van der Waals surface area contributed by atoms with Gasteiger partial charge in [0.1, 0.15) is 0 Å². The van der Waals surface area contributed by atoms with E-state index in [1.54, 1.807) is 32.9 Å². The smallest absolute Gasteiger partial charge is 0.165 e. The van der Waals surface area contributed by atoms with Crippen molar-refractivity contribution in [3.05, 3.63) is 29.6 Å². The molecule has 0 aliphatic heterocycles. The molecule has 1 atom stereocenters. The Morgan fingerprint density at radius 1 is 1.47 bits per heavy atom. The maximum absolute atomic E-state index is 13.6. The van der Waals surface area contributed by atoms with Crippen LogP contribution in [0.4, 0.5) is 4.39 Å². The van der Waals surface area contributed by atoms with Crippen molar-refractivity contribution >= 4 is 0 Å². The molecule has 0 radical (unpaired) electrons. The lowest BCUT2D eigenvalue weighted by atomic mass is 10.1. The number of aliphatic hydroxyl groups is 1. The fourth-order valence-corrected chi connectivity index (χ4v) is 1.33. The molecule has 4 heteroatoms. The molecule has 0 spiro atoms. The normalized spacial score (nSPS) is 13.5. The molecule has 0 unspecified atom stereocenters. The Morgan fingerprint density at radius 3 is 2.59 bits per heavy atom. The second-order valence-corrected chi connectivity index (χ2v) is 4.89. The minimum atomic E-state index is -0.803. The maximum atomic E-state index is 13.6. The number of rotatable bonds is 5. The highest BCUT2D eigenvalue weighted by Gasteiger charge is 2.13. The van der Waals surface area contributed by atoms with E-state index in [-0.39, 0.29) is 18.4 Å². The highest BCUT2D eigenvalue weighted by molar-refractivity contribution is 5.30. The molecule has 1 rings (SSSR count). The third kappa shape index (κ3) is 4.71. The third-order valence-corrected chi connectivity index (χ3v) is 2.45. The Morgan fingerprint density at radius 2 is 2.12 bits per heavy atom. The number of halogens is 1. The van der Waals surface area contributed by atoms with E-state index < -0.39 is 11.4 Å². The first kappa shape index (κ1) is 13.9. The molecule has 3 nitrogen and oxygen atoms in total. The molecule has 17 heavy (non-hydrogen) atoms. The van der Waals surface area contributed by atoms with E-state index in [1.165, 1.54) is 6.07 Å². The van der Waals surface area contributed by atoms with Gasteiger partial charge in [-0.3, -0.25) is 0 Å². The van der Waals surface area contributed by atoms with Gasteiger partial charge in [0.15, 0.2) is 11.6 Å². The first-order valence-electron chi connectivity index (χ1n) is 5.70. The average Bonchev–Trinajstić information content (AvgIpc) is 2.18. The van der Waals surface area contributed by atoms with Gasteiger partial charge in [-0.1, -0.05) is 6.07 Å². The first-order valence-corrected chi connectivity index (χ1v) is 5.70. The lowest BCUT2D eigenvalue weighted by Gasteiger charge is -2.17. The quantitative estimate of drug-likeness (QED) is 0.832. The minimum absolute atomic E-state index is 0.193. The van der Waals surface area contributed by atoms with Gasteiger partial charge in [-0.05, 0) is 38.5 Å². The Bertz CT molecular complexity index is 372. The molecule has 0 bridgehead atoms. The summed E-state index contributed by atoms with van der Waals surface area (Å²) in [4.78, 5) is 0. The van der Waals surface area contributed by atoms with Crippen LogP contribution in [0.25, 0.3) is 0 Å². The zero-order chi connectivity index (χ0) is 13.1. The van der Waals surface area contributed by atoms with Gasteiger partial charge < -0.3 is 15.6 Å². The van der Waals surface area contributed by atoms with Crippen LogP contribution in [0.5, 0.6) is 5.75 Å². The summed E-state index contributed by atoms with van der Waals surface area (Å²) in [7, 11) is 0. The van der Waals surface area contributed by atoms with Crippen molar-refractivity contribution in [2.45, 2.75) is 38.8 Å². The van der Waals surface area contributed by atoms with E-state index in [1.807, 2.05) is 0 Å². The first-order chi connectivity index (χ1) is 7.79. The molecule has 0 saturated carbocycles. The van der Waals surface area contributed by atoms with Crippen molar-refractivity contribution in [1.29, 1.82) is 0 Å². The van der Waals surface area contributed by atoms with Crippen LogP contribution in [0.1, 0.15) is 38.8 Å². The maximum Gasteiger partial charge on any atom is 0.165 e. The van der Waals surface area contributed by atoms with E-state index >= 15 is 0 Å². The molecule has 1 aromatic carbocycles. The van der Waals surface area contributed by atoms with Gasteiger partial charge in [-0.25, -0.2) is 4.39 Å². The number of nitrogens with two attached hydrogens (primary N) is 1. The van der Waals surface area contributed by atoms with E-state index in [2.05, 4.69) is 0 Å². The van der Waals surface area contributed by atoms with Gasteiger partial charge in [0.25, 0.3) is 0 Å². The molecule has 96 valence electrons. The van der Waals surface area contributed by atoms with Crippen molar-refractivity contribution in [3.8, 4) is 5.75 Å². The number of benzene rings is 1. The van der Waals surface area contributed by atoms with Crippen molar-refractivity contribution in [3.63, 3.8) is 0 Å². The zero-order valence-corrected chi connectivity index (χ0v) is 10.5. The molecule has 0 aromatic heterocycles. The van der Waals surface area contributed by atoms with Gasteiger partial charge in [-0.15, -0.1) is 0 Å². The third-order valence-electron chi connectivity index (χ3n) is 2.45. The predicted octanol–water partition coefficient (Wildman–Crippen LogP) is 2.39. The molecular weight excluding hydrogens is 221 g/mol. The van der Waals surface area contributed by atoms with Crippen LogP contribution < -0.4 is 10.5 Å². The van der Waals surface area contributed by atoms with Crippen LogP contribution in [0.2, 0.25) is 0 Å². The van der Waals surface area contributed by atoms with Crippen molar-refractivity contribution in [2.24, 2.45) is 5.73 Å². The molecule has 0 heterocycles. The Balaban J connectivity index is 2.61. The van der Waals surface area contributed by atoms with Crippen LogP contribution in [0, 0.1) is 5.82 Å². The van der Waals surface area contributed by atoms with Crippen LogP contribution >= 0.6 is 0 Å². The van der Waals surface area contributed by atoms with Crippen LogP contribution in [-0.4, -0.2) is 17.3 Å². The van der Waals surface area contributed by atoms with E-state index in [0.29, 0.717) is 6.42 Å². The summed E-state index contributed by atoms with van der Waals surface area (Å²) in [5, 5.41) is 9.49. The van der Waals surface area contributed by atoms with Crippen molar-refractivity contribution < 1.29 is 14.2 Å². The lowest BCUT2D eigenvalue weighted by molar-refractivity contribution is 0.0547. The highest BCUT2D eigenvalue weighted by atomic mass is 19.1. The van der Waals surface area contributed by atoms with E-state index in [4.69, 9.17) is 10.5 Å². The number of hydrogen-bond acceptors (Lipinski definition) is 3.